The standard InChI is InChI=1S/C35H47F6N5O6S/c1-19(2)25(46(5)32(50)27(28(34(36,37)38)35(39,40)41)44-30(49)24-13-9-10-14-45(24)4)17-26(47)31-43-23(18-53-31)29(48)42-22(15-20(3)33(51)52)16-21-11-7-6-8-12-21/h6-8,11-12,18-20,22,24-28,47H,9-10,13-17H2,1-5H3,(H,42,48)(H,44,49)(H,51,52)/t20-,22+,24+,25+,26+,27-/m0/s1. The lowest BCUT2D eigenvalue weighted by atomic mass is 9.92. The zero-order valence-electron chi connectivity index (χ0n) is 30.1. The molecule has 0 saturated carbocycles. The largest absolute Gasteiger partial charge is 0.481 e. The van der Waals surface area contributed by atoms with Crippen molar-refractivity contribution >= 4 is 35.0 Å². The van der Waals surface area contributed by atoms with Crippen LogP contribution in [0.1, 0.15) is 80.0 Å². The van der Waals surface area contributed by atoms with E-state index < -0.39 is 84.1 Å². The minimum atomic E-state index is -5.94. The molecular formula is C35H47F6N5O6S. The van der Waals surface area contributed by atoms with E-state index in [0.717, 1.165) is 23.9 Å². The summed E-state index contributed by atoms with van der Waals surface area (Å²) in [6.07, 6.45) is -11.9. The first kappa shape index (κ1) is 43.6. The van der Waals surface area contributed by atoms with Crippen molar-refractivity contribution in [3.63, 3.8) is 0 Å². The number of hydrogen-bond acceptors (Lipinski definition) is 8. The van der Waals surface area contributed by atoms with Gasteiger partial charge in [-0.05, 0) is 50.8 Å². The van der Waals surface area contributed by atoms with Crippen molar-refractivity contribution in [2.75, 3.05) is 20.6 Å². The highest BCUT2D eigenvalue weighted by molar-refractivity contribution is 7.09. The molecule has 1 saturated heterocycles. The first-order valence-corrected chi connectivity index (χ1v) is 18.1. The number of hydrogen-bond donors (Lipinski definition) is 4. The van der Waals surface area contributed by atoms with E-state index in [2.05, 4.69) is 10.3 Å². The zero-order chi connectivity index (χ0) is 39.8. The van der Waals surface area contributed by atoms with Gasteiger partial charge in [0.25, 0.3) is 5.91 Å². The molecule has 3 rings (SSSR count). The zero-order valence-corrected chi connectivity index (χ0v) is 30.9. The number of carboxylic acid groups (broad SMARTS) is 1. The quantitative estimate of drug-likeness (QED) is 0.170. The molecule has 1 aliphatic rings. The third kappa shape index (κ3) is 12.1. The van der Waals surface area contributed by atoms with E-state index >= 15 is 0 Å². The third-order valence-electron chi connectivity index (χ3n) is 9.51. The van der Waals surface area contributed by atoms with Gasteiger partial charge >= 0.3 is 18.3 Å². The van der Waals surface area contributed by atoms with Crippen LogP contribution in [0.2, 0.25) is 0 Å². The van der Waals surface area contributed by atoms with Gasteiger partial charge in [0.2, 0.25) is 11.8 Å². The molecule has 3 amide bonds. The number of thiazole rings is 1. The van der Waals surface area contributed by atoms with E-state index in [9.17, 15) is 55.7 Å². The molecule has 4 N–H and O–H groups in total. The van der Waals surface area contributed by atoms with Gasteiger partial charge in [-0.1, -0.05) is 57.5 Å². The molecule has 1 aliphatic heterocycles. The van der Waals surface area contributed by atoms with E-state index in [4.69, 9.17) is 0 Å². The maximum atomic E-state index is 14.0. The van der Waals surface area contributed by atoms with Gasteiger partial charge in [0, 0.05) is 30.9 Å². The Morgan fingerprint density at radius 3 is 2.17 bits per heavy atom. The topological polar surface area (TPSA) is 152 Å². The van der Waals surface area contributed by atoms with Crippen LogP contribution in [-0.4, -0.2) is 106 Å². The number of aliphatic carboxylic acids is 1. The summed E-state index contributed by atoms with van der Waals surface area (Å²) in [5, 5.41) is 26.5. The molecule has 0 radical (unpaired) electrons. The second-order valence-electron chi connectivity index (χ2n) is 14.0. The van der Waals surface area contributed by atoms with Gasteiger partial charge in [0.05, 0.1) is 12.0 Å². The predicted molar refractivity (Wildman–Crippen MR) is 184 cm³/mol. The molecule has 0 spiro atoms. The van der Waals surface area contributed by atoms with Gasteiger partial charge in [-0.25, -0.2) is 4.98 Å². The summed E-state index contributed by atoms with van der Waals surface area (Å²) in [5.74, 6) is -10.1. The van der Waals surface area contributed by atoms with E-state index in [1.165, 1.54) is 24.3 Å². The fourth-order valence-corrected chi connectivity index (χ4v) is 7.32. The number of aromatic nitrogens is 1. The number of piperidine rings is 1. The highest BCUT2D eigenvalue weighted by Crippen LogP contribution is 2.42. The van der Waals surface area contributed by atoms with Crippen molar-refractivity contribution in [3.8, 4) is 0 Å². The van der Waals surface area contributed by atoms with Crippen molar-refractivity contribution in [3.05, 3.63) is 52.0 Å². The van der Waals surface area contributed by atoms with Crippen molar-refractivity contribution in [2.45, 2.75) is 102 Å². The Labute approximate surface area is 308 Å². The average Bonchev–Trinajstić information content (AvgIpc) is 3.56. The monoisotopic (exact) mass is 779 g/mol. The second-order valence-corrected chi connectivity index (χ2v) is 14.8. The molecule has 2 aromatic rings. The number of alkyl halides is 6. The Balaban J connectivity index is 1.82. The van der Waals surface area contributed by atoms with Crippen LogP contribution in [0.25, 0.3) is 0 Å². The summed E-state index contributed by atoms with van der Waals surface area (Å²) in [7, 11) is 2.53. The Kier molecular flexibility index (Phi) is 15.2. The number of likely N-dealkylation sites (N-methyl/N-ethyl adjacent to an activating group) is 2. The third-order valence-corrected chi connectivity index (χ3v) is 10.5. The number of rotatable bonds is 16. The van der Waals surface area contributed by atoms with Gasteiger partial charge in [-0.3, -0.25) is 24.1 Å². The molecule has 1 aromatic carbocycles. The smallest absolute Gasteiger partial charge is 0.403 e. The van der Waals surface area contributed by atoms with Crippen LogP contribution in [0.3, 0.4) is 0 Å². The summed E-state index contributed by atoms with van der Waals surface area (Å²) >= 11 is 0.873. The summed E-state index contributed by atoms with van der Waals surface area (Å²) in [6, 6.07) is 3.27. The van der Waals surface area contributed by atoms with Gasteiger partial charge in [-0.2, -0.15) is 26.3 Å². The number of carbonyl (C=O) groups excluding carboxylic acids is 3. The van der Waals surface area contributed by atoms with Crippen molar-refractivity contribution < 1.29 is 55.7 Å². The van der Waals surface area contributed by atoms with Gasteiger partial charge in [0.1, 0.15) is 22.8 Å². The van der Waals surface area contributed by atoms with Gasteiger partial charge in [0.15, 0.2) is 5.92 Å². The highest BCUT2D eigenvalue weighted by atomic mass is 32.1. The van der Waals surface area contributed by atoms with Crippen LogP contribution < -0.4 is 10.6 Å². The molecule has 1 aromatic heterocycles. The minimum Gasteiger partial charge on any atom is -0.481 e. The number of carbonyl (C=O) groups is 4. The highest BCUT2D eigenvalue weighted by Gasteiger charge is 2.63. The van der Waals surface area contributed by atoms with Gasteiger partial charge in [-0.15, -0.1) is 11.3 Å². The van der Waals surface area contributed by atoms with Gasteiger partial charge < -0.3 is 25.7 Å². The number of nitrogens with one attached hydrogen (secondary N) is 2. The number of nitrogens with zero attached hydrogens (tertiary/aromatic N) is 3. The van der Waals surface area contributed by atoms with Crippen LogP contribution in [-0.2, 0) is 20.8 Å². The molecule has 0 unspecified atom stereocenters. The molecule has 18 heteroatoms. The number of aliphatic hydroxyl groups is 1. The Bertz CT molecular complexity index is 1530. The summed E-state index contributed by atoms with van der Waals surface area (Å²) in [4.78, 5) is 58.0. The lowest BCUT2D eigenvalue weighted by molar-refractivity contribution is -0.290. The Morgan fingerprint density at radius 1 is 1.00 bits per heavy atom. The number of halogens is 6. The number of likely N-dealkylation sites (tertiary alicyclic amines) is 1. The SMILES string of the molecule is CC(C)[C@@H](C[C@@H](O)c1nc(C(=O)N[C@@H](Cc2ccccc2)C[C@H](C)C(=O)O)cs1)N(C)C(=O)[C@@H](NC(=O)[C@H]1CCCCN1C)C(C(F)(F)F)C(F)(F)F. The minimum absolute atomic E-state index is 0.00573. The first-order valence-electron chi connectivity index (χ1n) is 17.2. The summed E-state index contributed by atoms with van der Waals surface area (Å²) in [6.45, 7) is 5.02. The van der Waals surface area contributed by atoms with Crippen LogP contribution in [0, 0.1) is 17.8 Å². The molecular weight excluding hydrogens is 732 g/mol. The molecule has 2 heterocycles. The molecule has 6 atom stereocenters. The molecule has 53 heavy (non-hydrogen) atoms. The summed E-state index contributed by atoms with van der Waals surface area (Å²) < 4.78 is 84.3. The van der Waals surface area contributed by atoms with Crippen molar-refractivity contribution in [1.29, 1.82) is 0 Å². The normalized spacial score (nSPS) is 18.6. The first-order chi connectivity index (χ1) is 24.6. The lowest BCUT2D eigenvalue weighted by Gasteiger charge is -2.39. The van der Waals surface area contributed by atoms with E-state index in [1.807, 2.05) is 18.2 Å². The molecule has 11 nitrogen and oxygen atoms in total. The number of aliphatic hydroxyl groups excluding tert-OH is 1. The maximum Gasteiger partial charge on any atom is 0.403 e. The molecule has 0 bridgehead atoms. The maximum absolute atomic E-state index is 14.0. The van der Waals surface area contributed by atoms with Crippen LogP contribution in [0.15, 0.2) is 35.7 Å². The Morgan fingerprint density at radius 2 is 1.62 bits per heavy atom. The van der Waals surface area contributed by atoms with Crippen molar-refractivity contribution in [2.24, 2.45) is 17.8 Å². The van der Waals surface area contributed by atoms with Crippen LogP contribution >= 0.6 is 11.3 Å². The van der Waals surface area contributed by atoms with E-state index in [0.29, 0.717) is 30.7 Å². The Hall–Kier alpha value is -3.77. The van der Waals surface area contributed by atoms with E-state index in [1.54, 1.807) is 31.3 Å². The average molecular weight is 780 g/mol. The fourth-order valence-electron chi connectivity index (χ4n) is 6.52. The predicted octanol–water partition coefficient (Wildman–Crippen LogP) is 5.21. The van der Waals surface area contributed by atoms with E-state index in [-0.39, 0.29) is 30.0 Å². The fraction of sp³-hybridized carbons (Fsp3) is 0.629. The number of amides is 3. The summed E-state index contributed by atoms with van der Waals surface area (Å²) in [5.41, 5.74) is 0.743. The lowest BCUT2D eigenvalue weighted by Crippen LogP contribution is -2.63. The second kappa shape index (κ2) is 18.5. The van der Waals surface area contributed by atoms with Crippen LogP contribution in [0.5, 0.6) is 0 Å². The molecule has 296 valence electrons. The van der Waals surface area contributed by atoms with Crippen LogP contribution in [0.4, 0.5) is 26.3 Å². The van der Waals surface area contributed by atoms with Crippen molar-refractivity contribution in [1.82, 2.24) is 25.4 Å². The molecule has 0 aliphatic carbocycles. The number of benzene rings is 1. The molecule has 1 fully saturated rings. The number of carboxylic acids is 1.